The smallest absolute Gasteiger partial charge is 0.270 e. The Hall–Kier alpha value is -0.690. The second kappa shape index (κ2) is 9.28. The minimum absolute atomic E-state index is 0. The van der Waals surface area contributed by atoms with Crippen LogP contribution in [0.4, 0.5) is 0 Å². The van der Waals surface area contributed by atoms with Gasteiger partial charge < -0.3 is 16.2 Å². The lowest BCUT2D eigenvalue weighted by molar-refractivity contribution is 0.0903. The van der Waals surface area contributed by atoms with Crippen LogP contribution in [0.3, 0.4) is 0 Å². The third-order valence-electron chi connectivity index (χ3n) is 3.73. The number of hydrogen-bond donors (Lipinski definition) is 3. The van der Waals surface area contributed by atoms with Gasteiger partial charge in [0.15, 0.2) is 0 Å². The first-order chi connectivity index (χ1) is 9.10. The normalized spacial score (nSPS) is 11.0. The van der Waals surface area contributed by atoms with Crippen LogP contribution in [0.15, 0.2) is 5.38 Å². The average molecular weight is 322 g/mol. The molecule has 20 heavy (non-hydrogen) atoms. The molecular weight excluding hydrogens is 298 g/mol. The van der Waals surface area contributed by atoms with Crippen LogP contribution in [0.5, 0.6) is 0 Å². The first-order valence-corrected chi connectivity index (χ1v) is 7.52. The monoisotopic (exact) mass is 321 g/mol. The fourth-order valence-electron chi connectivity index (χ4n) is 2.05. The average Bonchev–Trinajstić information content (AvgIpc) is 2.92. The van der Waals surface area contributed by atoms with Crippen molar-refractivity contribution in [3.05, 3.63) is 16.1 Å². The van der Waals surface area contributed by atoms with Crippen molar-refractivity contribution < 1.29 is 9.90 Å². The summed E-state index contributed by atoms with van der Waals surface area (Å²) in [5.41, 5.74) is 5.87. The number of carbonyl (C=O) groups is 1. The lowest BCUT2D eigenvalue weighted by Gasteiger charge is -2.31. The molecule has 0 aliphatic carbocycles. The summed E-state index contributed by atoms with van der Waals surface area (Å²) in [5, 5.41) is 14.5. The maximum Gasteiger partial charge on any atom is 0.270 e. The lowest BCUT2D eigenvalue weighted by atomic mass is 9.79. The highest BCUT2D eigenvalue weighted by Gasteiger charge is 2.26. The van der Waals surface area contributed by atoms with E-state index < -0.39 is 0 Å². The topological polar surface area (TPSA) is 88.2 Å². The molecule has 0 unspecified atom stereocenters. The van der Waals surface area contributed by atoms with E-state index in [0.29, 0.717) is 25.2 Å². The number of halogens is 1. The highest BCUT2D eigenvalue weighted by atomic mass is 35.5. The van der Waals surface area contributed by atoms with Crippen LogP contribution >= 0.6 is 23.7 Å². The number of aliphatic hydroxyl groups is 1. The summed E-state index contributed by atoms with van der Waals surface area (Å²) >= 11 is 1.40. The number of hydrogen-bond acceptors (Lipinski definition) is 5. The van der Waals surface area contributed by atoms with Gasteiger partial charge in [0.1, 0.15) is 10.7 Å². The van der Waals surface area contributed by atoms with Crippen molar-refractivity contribution >= 4 is 29.7 Å². The number of aromatic nitrogens is 1. The molecule has 0 aliphatic heterocycles. The van der Waals surface area contributed by atoms with E-state index in [1.807, 2.05) is 0 Å². The number of nitrogens with zero attached hydrogens (tertiary/aromatic N) is 1. The molecule has 0 saturated heterocycles. The van der Waals surface area contributed by atoms with Gasteiger partial charge in [-0.05, 0) is 24.7 Å². The van der Waals surface area contributed by atoms with Crippen LogP contribution in [-0.4, -0.2) is 29.1 Å². The number of nitrogens with one attached hydrogen (secondary N) is 1. The minimum atomic E-state index is -0.167. The number of nitrogens with two attached hydrogens (primary N) is 1. The highest BCUT2D eigenvalue weighted by Crippen LogP contribution is 2.29. The molecule has 0 spiro atoms. The predicted octanol–water partition coefficient (Wildman–Crippen LogP) is 1.94. The van der Waals surface area contributed by atoms with E-state index in [0.717, 1.165) is 17.8 Å². The molecule has 7 heteroatoms. The zero-order chi connectivity index (χ0) is 14.3. The highest BCUT2D eigenvalue weighted by molar-refractivity contribution is 7.09. The summed E-state index contributed by atoms with van der Waals surface area (Å²) in [6.45, 7) is 5.23. The Kier molecular flexibility index (Phi) is 8.96. The van der Waals surface area contributed by atoms with E-state index in [4.69, 9.17) is 10.8 Å². The largest absolute Gasteiger partial charge is 0.396 e. The van der Waals surface area contributed by atoms with Gasteiger partial charge in [0.05, 0.1) is 0 Å². The van der Waals surface area contributed by atoms with Crippen molar-refractivity contribution in [2.45, 2.75) is 39.7 Å². The maximum atomic E-state index is 12.0. The van der Waals surface area contributed by atoms with Crippen molar-refractivity contribution in [3.8, 4) is 0 Å². The fourth-order valence-corrected chi connectivity index (χ4v) is 2.70. The van der Waals surface area contributed by atoms with Gasteiger partial charge in [-0.3, -0.25) is 4.79 Å². The zero-order valence-corrected chi connectivity index (χ0v) is 13.6. The van der Waals surface area contributed by atoms with Gasteiger partial charge in [-0.15, -0.1) is 23.7 Å². The molecule has 0 fully saturated rings. The molecule has 5 nitrogen and oxygen atoms in total. The molecule has 0 radical (unpaired) electrons. The molecule has 0 aliphatic rings. The van der Waals surface area contributed by atoms with E-state index in [1.54, 1.807) is 5.38 Å². The lowest BCUT2D eigenvalue weighted by Crippen LogP contribution is -2.37. The van der Waals surface area contributed by atoms with Gasteiger partial charge >= 0.3 is 0 Å². The number of aliphatic hydroxyl groups excluding tert-OH is 1. The van der Waals surface area contributed by atoms with Crippen molar-refractivity contribution in [1.82, 2.24) is 10.3 Å². The first kappa shape index (κ1) is 19.3. The zero-order valence-electron chi connectivity index (χ0n) is 12.0. The Morgan fingerprint density at radius 2 is 2.15 bits per heavy atom. The molecule has 0 atom stereocenters. The van der Waals surface area contributed by atoms with Crippen molar-refractivity contribution in [2.75, 3.05) is 13.2 Å². The summed E-state index contributed by atoms with van der Waals surface area (Å²) in [7, 11) is 0. The van der Waals surface area contributed by atoms with Crippen molar-refractivity contribution in [1.29, 1.82) is 0 Å². The SMILES string of the molecule is CCC(CC)(CCO)CNC(=O)c1csc(CN)n1.Cl. The maximum absolute atomic E-state index is 12.0. The molecule has 1 rings (SSSR count). The number of rotatable bonds is 8. The molecule has 1 aromatic heterocycles. The van der Waals surface area contributed by atoms with Gasteiger partial charge in [0, 0.05) is 25.1 Å². The van der Waals surface area contributed by atoms with Gasteiger partial charge in [0.2, 0.25) is 0 Å². The number of carbonyl (C=O) groups excluding carboxylic acids is 1. The van der Waals surface area contributed by atoms with Crippen LogP contribution in [0.25, 0.3) is 0 Å². The van der Waals surface area contributed by atoms with Gasteiger partial charge in [-0.1, -0.05) is 13.8 Å². The van der Waals surface area contributed by atoms with Crippen LogP contribution < -0.4 is 11.1 Å². The molecule has 1 aromatic rings. The van der Waals surface area contributed by atoms with E-state index in [-0.39, 0.29) is 30.3 Å². The Bertz CT molecular complexity index is 408. The molecule has 0 saturated carbocycles. The Morgan fingerprint density at radius 3 is 2.60 bits per heavy atom. The second-order valence-corrected chi connectivity index (χ2v) is 5.64. The second-order valence-electron chi connectivity index (χ2n) is 4.69. The van der Waals surface area contributed by atoms with E-state index in [9.17, 15) is 4.79 Å². The third kappa shape index (κ3) is 5.01. The van der Waals surface area contributed by atoms with Crippen molar-refractivity contribution in [3.63, 3.8) is 0 Å². The number of thiazole rings is 1. The van der Waals surface area contributed by atoms with Crippen LogP contribution in [-0.2, 0) is 6.54 Å². The Labute approximate surface area is 130 Å². The summed E-state index contributed by atoms with van der Waals surface area (Å²) in [5.74, 6) is -0.167. The fraction of sp³-hybridized carbons (Fsp3) is 0.692. The summed E-state index contributed by atoms with van der Waals surface area (Å²) in [6, 6.07) is 0. The number of amides is 1. The van der Waals surface area contributed by atoms with Crippen LogP contribution in [0.2, 0.25) is 0 Å². The molecule has 0 bridgehead atoms. The van der Waals surface area contributed by atoms with Crippen molar-refractivity contribution in [2.24, 2.45) is 11.1 Å². The van der Waals surface area contributed by atoms with Gasteiger partial charge in [-0.2, -0.15) is 0 Å². The van der Waals surface area contributed by atoms with E-state index in [2.05, 4.69) is 24.1 Å². The molecule has 1 heterocycles. The Balaban J connectivity index is 0.00000361. The Morgan fingerprint density at radius 1 is 1.50 bits per heavy atom. The van der Waals surface area contributed by atoms with Crippen LogP contribution in [0.1, 0.15) is 48.6 Å². The predicted molar refractivity (Wildman–Crippen MR) is 84.3 cm³/mol. The summed E-state index contributed by atoms with van der Waals surface area (Å²) in [4.78, 5) is 16.1. The molecule has 116 valence electrons. The molecule has 4 N–H and O–H groups in total. The summed E-state index contributed by atoms with van der Waals surface area (Å²) < 4.78 is 0. The molecular formula is C13H24ClN3O2S. The van der Waals surface area contributed by atoms with E-state index >= 15 is 0 Å². The third-order valence-corrected chi connectivity index (χ3v) is 4.60. The molecule has 0 aromatic carbocycles. The van der Waals surface area contributed by atoms with E-state index in [1.165, 1.54) is 11.3 Å². The quantitative estimate of drug-likeness (QED) is 0.682. The molecule has 1 amide bonds. The standard InChI is InChI=1S/C13H23N3O2S.ClH/c1-3-13(4-2,5-6-17)9-15-12(18)10-8-19-11(7-14)16-10;/h8,17H,3-7,9,14H2,1-2H3,(H,15,18);1H. The van der Waals surface area contributed by atoms with Crippen LogP contribution in [0, 0.1) is 5.41 Å². The summed E-state index contributed by atoms with van der Waals surface area (Å²) in [6.07, 6.45) is 2.55. The minimum Gasteiger partial charge on any atom is -0.396 e. The van der Waals surface area contributed by atoms with Gasteiger partial charge in [0.25, 0.3) is 5.91 Å². The van der Waals surface area contributed by atoms with Gasteiger partial charge in [-0.25, -0.2) is 4.98 Å². The first-order valence-electron chi connectivity index (χ1n) is 6.64.